The molecule has 1 saturated heterocycles. The molecule has 3 aliphatic rings. The van der Waals surface area contributed by atoms with Gasteiger partial charge in [-0.25, -0.2) is 0 Å². The van der Waals surface area contributed by atoms with Crippen LogP contribution in [0.15, 0.2) is 59.1 Å². The van der Waals surface area contributed by atoms with E-state index in [0.29, 0.717) is 17.8 Å². The van der Waals surface area contributed by atoms with Gasteiger partial charge >= 0.3 is 6.01 Å². The molecule has 0 saturated carbocycles. The van der Waals surface area contributed by atoms with E-state index in [1.54, 1.807) is 0 Å². The molecular formula is C34H42N4O3. The highest BCUT2D eigenvalue weighted by Crippen LogP contribution is 2.36. The molecule has 1 fully saturated rings. The van der Waals surface area contributed by atoms with E-state index in [9.17, 15) is 4.79 Å². The minimum absolute atomic E-state index is 0.0811. The molecule has 41 heavy (non-hydrogen) atoms. The molecule has 1 aliphatic carbocycles. The van der Waals surface area contributed by atoms with Crippen LogP contribution in [0.3, 0.4) is 0 Å². The van der Waals surface area contributed by atoms with Gasteiger partial charge in [-0.15, -0.1) is 0 Å². The van der Waals surface area contributed by atoms with Crippen molar-refractivity contribution in [2.75, 3.05) is 31.1 Å². The van der Waals surface area contributed by atoms with Gasteiger partial charge in [0.25, 0.3) is 0 Å². The van der Waals surface area contributed by atoms with Gasteiger partial charge in [0, 0.05) is 31.5 Å². The van der Waals surface area contributed by atoms with E-state index < -0.39 is 0 Å². The zero-order chi connectivity index (χ0) is 28.3. The number of hydrogen-bond acceptors (Lipinski definition) is 6. The van der Waals surface area contributed by atoms with E-state index in [2.05, 4.69) is 95.3 Å². The highest BCUT2D eigenvalue weighted by atomic mass is 16.5. The van der Waals surface area contributed by atoms with E-state index in [1.807, 2.05) is 0 Å². The number of anilines is 1. The van der Waals surface area contributed by atoms with E-state index in [1.165, 1.54) is 22.3 Å². The normalized spacial score (nSPS) is 21.5. The van der Waals surface area contributed by atoms with Crippen LogP contribution in [0.5, 0.6) is 5.75 Å². The summed E-state index contributed by atoms with van der Waals surface area (Å²) in [5.41, 5.74) is 5.26. The first-order valence-electron chi connectivity index (χ1n) is 15.4. The fourth-order valence-electron chi connectivity index (χ4n) is 6.49. The molecule has 3 heterocycles. The molecule has 2 aromatic carbocycles. The number of benzene rings is 2. The molecule has 0 bridgehead atoms. The van der Waals surface area contributed by atoms with Gasteiger partial charge in [0.1, 0.15) is 5.75 Å². The first kappa shape index (κ1) is 27.6. The van der Waals surface area contributed by atoms with Gasteiger partial charge in [0.05, 0.1) is 12.6 Å². The molecule has 1 amide bonds. The maximum absolute atomic E-state index is 13.4. The maximum atomic E-state index is 13.4. The average molecular weight is 555 g/mol. The monoisotopic (exact) mass is 554 g/mol. The lowest BCUT2D eigenvalue weighted by atomic mass is 9.84. The Morgan fingerprint density at radius 2 is 1.80 bits per heavy atom. The summed E-state index contributed by atoms with van der Waals surface area (Å²) >= 11 is 0. The van der Waals surface area contributed by atoms with Crippen molar-refractivity contribution in [1.82, 2.24) is 15.0 Å². The van der Waals surface area contributed by atoms with E-state index in [-0.39, 0.29) is 17.9 Å². The molecule has 1 aromatic heterocycles. The largest absolute Gasteiger partial charge is 0.493 e. The van der Waals surface area contributed by atoms with E-state index >= 15 is 0 Å². The minimum Gasteiger partial charge on any atom is -0.493 e. The molecular weight excluding hydrogens is 512 g/mol. The van der Waals surface area contributed by atoms with Crippen LogP contribution in [0.1, 0.15) is 87.3 Å². The molecule has 0 spiro atoms. The summed E-state index contributed by atoms with van der Waals surface area (Å²) in [6.07, 6.45) is 8.00. The van der Waals surface area contributed by atoms with Gasteiger partial charge in [0.2, 0.25) is 5.91 Å². The number of piperidine rings is 1. The molecule has 0 N–H and O–H groups in total. The Labute approximate surface area is 243 Å². The molecule has 2 atom stereocenters. The lowest BCUT2D eigenvalue weighted by molar-refractivity contribution is -0.138. The topological polar surface area (TPSA) is 71.7 Å². The van der Waals surface area contributed by atoms with Gasteiger partial charge in [0.15, 0.2) is 5.82 Å². The molecule has 2 aliphatic heterocycles. The van der Waals surface area contributed by atoms with Gasteiger partial charge in [-0.1, -0.05) is 61.5 Å². The summed E-state index contributed by atoms with van der Waals surface area (Å²) in [6.45, 7) is 9.69. The average Bonchev–Trinajstić information content (AvgIpc) is 3.52. The fourth-order valence-corrected chi connectivity index (χ4v) is 6.49. The van der Waals surface area contributed by atoms with Crippen molar-refractivity contribution in [3.63, 3.8) is 0 Å². The Morgan fingerprint density at radius 1 is 1.02 bits per heavy atom. The first-order valence-corrected chi connectivity index (χ1v) is 15.4. The summed E-state index contributed by atoms with van der Waals surface area (Å²) < 4.78 is 11.6. The molecule has 2 unspecified atom stereocenters. The molecule has 7 nitrogen and oxygen atoms in total. The lowest BCUT2D eigenvalue weighted by Crippen LogP contribution is -2.42. The zero-order valence-electron chi connectivity index (χ0n) is 24.6. The number of aromatic nitrogens is 2. The quantitative estimate of drug-likeness (QED) is 0.319. The lowest BCUT2D eigenvalue weighted by Gasteiger charge is -2.38. The second kappa shape index (κ2) is 12.1. The molecule has 0 radical (unpaired) electrons. The van der Waals surface area contributed by atoms with Gasteiger partial charge in [-0.2, -0.15) is 4.98 Å². The summed E-state index contributed by atoms with van der Waals surface area (Å²) in [5, 5.41) is 4.09. The summed E-state index contributed by atoms with van der Waals surface area (Å²) in [7, 11) is 0. The Kier molecular flexibility index (Phi) is 8.13. The highest BCUT2D eigenvalue weighted by Gasteiger charge is 2.32. The standard InChI is InChI=1S/C34H42N4O3/c1-23(2)32-35-34(41-36-32)37-19-16-25(17-20-37)22-40-30-14-12-27(13-15-30)26-8-10-29(11-9-26)33(39)38-21-18-28-6-4-5-7-31(28)24(38)3/h4-8,12-15,23-25,29H,9-11,16-22H2,1-3H3. The van der Waals surface area contributed by atoms with Gasteiger partial charge < -0.3 is 19.1 Å². The number of fused-ring (bicyclic) bond motifs is 1. The van der Waals surface area contributed by atoms with Crippen molar-refractivity contribution in [2.45, 2.75) is 71.3 Å². The molecule has 6 rings (SSSR count). The number of amides is 1. The minimum atomic E-state index is 0.0811. The third-order valence-electron chi connectivity index (χ3n) is 9.18. The van der Waals surface area contributed by atoms with Crippen LogP contribution in [-0.2, 0) is 11.2 Å². The third kappa shape index (κ3) is 6.04. The smallest absolute Gasteiger partial charge is 0.324 e. The SMILES string of the molecule is CC(C)c1noc(N2CCC(COc3ccc(C4=CCC(C(=O)N5CCc6ccccc6C5C)CC4)cc3)CC2)n1. The Hall–Kier alpha value is -3.61. The third-order valence-corrected chi connectivity index (χ3v) is 9.18. The predicted molar refractivity (Wildman–Crippen MR) is 161 cm³/mol. The summed E-state index contributed by atoms with van der Waals surface area (Å²) in [4.78, 5) is 22.3. The van der Waals surface area contributed by atoms with Crippen molar-refractivity contribution in [2.24, 2.45) is 11.8 Å². The number of carbonyl (C=O) groups is 1. The number of carbonyl (C=O) groups excluding carboxylic acids is 1. The summed E-state index contributed by atoms with van der Waals surface area (Å²) in [6, 6.07) is 17.8. The Morgan fingerprint density at radius 3 is 2.51 bits per heavy atom. The summed E-state index contributed by atoms with van der Waals surface area (Å²) in [5.74, 6) is 2.87. The number of ether oxygens (including phenoxy) is 1. The van der Waals surface area contributed by atoms with E-state index in [0.717, 1.165) is 76.3 Å². The fraction of sp³-hybridized carbons (Fsp3) is 0.500. The van der Waals surface area contributed by atoms with Gasteiger partial charge in [-0.05, 0) is 85.8 Å². The van der Waals surface area contributed by atoms with Crippen molar-refractivity contribution < 1.29 is 14.1 Å². The maximum Gasteiger partial charge on any atom is 0.324 e. The zero-order valence-corrected chi connectivity index (χ0v) is 24.6. The van der Waals surface area contributed by atoms with Crippen LogP contribution < -0.4 is 9.64 Å². The highest BCUT2D eigenvalue weighted by molar-refractivity contribution is 5.81. The molecule has 216 valence electrons. The Bertz CT molecular complexity index is 1370. The second-order valence-corrected chi connectivity index (χ2v) is 12.2. The molecule has 7 heteroatoms. The van der Waals surface area contributed by atoms with Crippen LogP contribution in [0, 0.1) is 11.8 Å². The predicted octanol–water partition coefficient (Wildman–Crippen LogP) is 6.82. The van der Waals surface area contributed by atoms with Crippen molar-refractivity contribution in [3.05, 3.63) is 77.1 Å². The number of hydrogen-bond donors (Lipinski definition) is 0. The van der Waals surface area contributed by atoms with Crippen molar-refractivity contribution >= 4 is 17.5 Å². The number of rotatable bonds is 7. The first-order chi connectivity index (χ1) is 20.0. The van der Waals surface area contributed by atoms with Gasteiger partial charge in [-0.3, -0.25) is 4.79 Å². The van der Waals surface area contributed by atoms with Crippen molar-refractivity contribution in [1.29, 1.82) is 0 Å². The van der Waals surface area contributed by atoms with Crippen LogP contribution in [0.2, 0.25) is 0 Å². The number of allylic oxidation sites excluding steroid dienone is 2. The van der Waals surface area contributed by atoms with Crippen LogP contribution in [-0.4, -0.2) is 47.2 Å². The van der Waals surface area contributed by atoms with Crippen molar-refractivity contribution in [3.8, 4) is 5.75 Å². The van der Waals surface area contributed by atoms with Crippen LogP contribution >= 0.6 is 0 Å². The molecule has 3 aromatic rings. The second-order valence-electron chi connectivity index (χ2n) is 12.2. The van der Waals surface area contributed by atoms with E-state index in [4.69, 9.17) is 9.26 Å². The van der Waals surface area contributed by atoms with Crippen LogP contribution in [0.25, 0.3) is 5.57 Å². The number of nitrogens with zero attached hydrogens (tertiary/aromatic N) is 4. The Balaban J connectivity index is 0.970. The van der Waals surface area contributed by atoms with Crippen LogP contribution in [0.4, 0.5) is 6.01 Å².